The zero-order valence-electron chi connectivity index (χ0n) is 6.68. The van der Waals surface area contributed by atoms with Crippen LogP contribution in [0.15, 0.2) is 23.5 Å². The van der Waals surface area contributed by atoms with Crippen molar-refractivity contribution in [2.45, 2.75) is 26.2 Å². The molecule has 0 amide bonds. The van der Waals surface area contributed by atoms with Crippen LogP contribution in [0.3, 0.4) is 0 Å². The van der Waals surface area contributed by atoms with Crippen LogP contribution in [0.2, 0.25) is 0 Å². The van der Waals surface area contributed by atoms with Crippen LogP contribution in [0.4, 0.5) is 0 Å². The van der Waals surface area contributed by atoms with Crippen LogP contribution in [0.1, 0.15) is 26.2 Å². The molecule has 0 bridgehead atoms. The van der Waals surface area contributed by atoms with Crippen molar-refractivity contribution < 1.29 is 4.74 Å². The zero-order valence-corrected chi connectivity index (χ0v) is 6.68. The van der Waals surface area contributed by atoms with Gasteiger partial charge in [-0.1, -0.05) is 11.6 Å². The largest absolute Gasteiger partial charge is 0.504 e. The van der Waals surface area contributed by atoms with E-state index in [1.165, 1.54) is 24.0 Å². The molecule has 0 N–H and O–H groups in total. The molecule has 0 heterocycles. The normalized spacial score (nSPS) is 22.6. The number of hydrogen-bond acceptors (Lipinski definition) is 1. The maximum Gasteiger partial charge on any atom is 0.0819 e. The van der Waals surface area contributed by atoms with Gasteiger partial charge in [-0.2, -0.15) is 0 Å². The van der Waals surface area contributed by atoms with Gasteiger partial charge in [-0.15, -0.1) is 0 Å². The van der Waals surface area contributed by atoms with Crippen molar-refractivity contribution in [1.29, 1.82) is 0 Å². The predicted molar refractivity (Wildman–Crippen MR) is 42.7 cm³/mol. The summed E-state index contributed by atoms with van der Waals surface area (Å²) in [6.07, 6.45) is 7.60. The highest BCUT2D eigenvalue weighted by molar-refractivity contribution is 5.16. The molecule has 1 aliphatic rings. The van der Waals surface area contributed by atoms with Gasteiger partial charge >= 0.3 is 0 Å². The van der Waals surface area contributed by atoms with Gasteiger partial charge in [0.05, 0.1) is 13.4 Å². The van der Waals surface area contributed by atoms with Crippen LogP contribution in [-0.4, -0.2) is 7.11 Å². The molecule has 56 valence electrons. The summed E-state index contributed by atoms with van der Waals surface area (Å²) in [6, 6.07) is 0. The van der Waals surface area contributed by atoms with Gasteiger partial charge < -0.3 is 4.74 Å². The minimum atomic E-state index is 1.08. The smallest absolute Gasteiger partial charge is 0.0819 e. The Balaban J connectivity index is 2.49. The van der Waals surface area contributed by atoms with E-state index in [4.69, 9.17) is 4.74 Å². The molecular formula is C9H14O. The lowest BCUT2D eigenvalue weighted by Crippen LogP contribution is -1.92. The molecular weight excluding hydrogens is 124 g/mol. The third kappa shape index (κ3) is 1.90. The highest BCUT2D eigenvalue weighted by atomic mass is 16.5. The van der Waals surface area contributed by atoms with E-state index in [9.17, 15) is 0 Å². The van der Waals surface area contributed by atoms with Gasteiger partial charge in [0.25, 0.3) is 0 Å². The molecule has 0 aromatic carbocycles. The van der Waals surface area contributed by atoms with E-state index < -0.39 is 0 Å². The molecule has 1 heteroatoms. The van der Waals surface area contributed by atoms with Gasteiger partial charge in [0.1, 0.15) is 0 Å². The van der Waals surface area contributed by atoms with Gasteiger partial charge in [0.2, 0.25) is 0 Å². The van der Waals surface area contributed by atoms with Crippen LogP contribution in [0.25, 0.3) is 0 Å². The molecule has 0 radical (unpaired) electrons. The van der Waals surface area contributed by atoms with Crippen LogP contribution in [0.5, 0.6) is 0 Å². The third-order valence-corrected chi connectivity index (χ3v) is 1.84. The highest BCUT2D eigenvalue weighted by Gasteiger charge is 2.03. The van der Waals surface area contributed by atoms with E-state index in [0.717, 1.165) is 6.42 Å². The minimum absolute atomic E-state index is 1.08. The van der Waals surface area contributed by atoms with Crippen LogP contribution >= 0.6 is 0 Å². The van der Waals surface area contributed by atoms with Gasteiger partial charge in [0, 0.05) is 0 Å². The maximum absolute atomic E-state index is 4.93. The first-order chi connectivity index (χ1) is 4.83. The van der Waals surface area contributed by atoms with Crippen LogP contribution < -0.4 is 0 Å². The summed E-state index contributed by atoms with van der Waals surface area (Å²) in [4.78, 5) is 0. The van der Waals surface area contributed by atoms with Crippen molar-refractivity contribution >= 4 is 0 Å². The van der Waals surface area contributed by atoms with E-state index in [0.29, 0.717) is 0 Å². The molecule has 1 aliphatic carbocycles. The Labute approximate surface area is 62.4 Å². The Bertz CT molecular complexity index is 166. The third-order valence-electron chi connectivity index (χ3n) is 1.84. The van der Waals surface area contributed by atoms with Crippen molar-refractivity contribution in [2.24, 2.45) is 0 Å². The zero-order chi connectivity index (χ0) is 7.40. The van der Waals surface area contributed by atoms with Gasteiger partial charge in [0.15, 0.2) is 0 Å². The summed E-state index contributed by atoms with van der Waals surface area (Å²) in [7, 11) is 1.71. The Morgan fingerprint density at radius 3 is 2.80 bits per heavy atom. The predicted octanol–water partition coefficient (Wildman–Crippen LogP) is 2.65. The highest BCUT2D eigenvalue weighted by Crippen LogP contribution is 2.21. The lowest BCUT2D eigenvalue weighted by atomic mass is 9.97. The molecule has 0 aromatic heterocycles. The average molecular weight is 138 g/mol. The molecule has 0 unspecified atom stereocenters. The number of methoxy groups -OCH3 is 1. The maximum atomic E-state index is 4.93. The topological polar surface area (TPSA) is 9.23 Å². The molecule has 0 spiro atoms. The second kappa shape index (κ2) is 3.45. The average Bonchev–Trinajstić information content (AvgIpc) is 1.95. The van der Waals surface area contributed by atoms with Crippen molar-refractivity contribution in [3.63, 3.8) is 0 Å². The van der Waals surface area contributed by atoms with Gasteiger partial charge in [-0.3, -0.25) is 0 Å². The fraction of sp³-hybridized carbons (Fsp3) is 0.556. The molecule has 0 saturated carbocycles. The van der Waals surface area contributed by atoms with E-state index in [1.807, 2.05) is 6.26 Å². The molecule has 1 rings (SSSR count). The lowest BCUT2D eigenvalue weighted by molar-refractivity contribution is 0.331. The first-order valence-corrected chi connectivity index (χ1v) is 3.69. The standard InChI is InChI=1S/C9H14O/c1-8-3-5-9(6-4-8)7-10-2/h3,7H,4-6H2,1-2H3. The van der Waals surface area contributed by atoms with Crippen LogP contribution in [-0.2, 0) is 4.74 Å². The first-order valence-electron chi connectivity index (χ1n) is 3.69. The summed E-state index contributed by atoms with van der Waals surface area (Å²) in [6.45, 7) is 2.18. The van der Waals surface area contributed by atoms with E-state index in [-0.39, 0.29) is 0 Å². The molecule has 0 atom stereocenters. The second-order valence-electron chi connectivity index (χ2n) is 2.77. The number of rotatable bonds is 1. The Morgan fingerprint density at radius 2 is 2.30 bits per heavy atom. The fourth-order valence-corrected chi connectivity index (χ4v) is 1.14. The summed E-state index contributed by atoms with van der Waals surface area (Å²) >= 11 is 0. The second-order valence-corrected chi connectivity index (χ2v) is 2.77. The van der Waals surface area contributed by atoms with Crippen molar-refractivity contribution in [3.05, 3.63) is 23.5 Å². The van der Waals surface area contributed by atoms with Crippen molar-refractivity contribution in [1.82, 2.24) is 0 Å². The summed E-state index contributed by atoms with van der Waals surface area (Å²) in [5.74, 6) is 0. The lowest BCUT2D eigenvalue weighted by Gasteiger charge is -2.11. The van der Waals surface area contributed by atoms with E-state index in [2.05, 4.69) is 13.0 Å². The Morgan fingerprint density at radius 1 is 1.50 bits per heavy atom. The molecule has 0 aromatic rings. The van der Waals surface area contributed by atoms with Crippen molar-refractivity contribution in [2.75, 3.05) is 7.11 Å². The number of ether oxygens (including phenoxy) is 1. The summed E-state index contributed by atoms with van der Waals surface area (Å²) in [5.41, 5.74) is 2.92. The first kappa shape index (κ1) is 7.39. The SMILES string of the molecule is COC=C1CC=C(C)CC1. The molecule has 10 heavy (non-hydrogen) atoms. The van der Waals surface area contributed by atoms with E-state index in [1.54, 1.807) is 7.11 Å². The summed E-state index contributed by atoms with van der Waals surface area (Å²) in [5, 5.41) is 0. The number of allylic oxidation sites excluding steroid dienone is 3. The summed E-state index contributed by atoms with van der Waals surface area (Å²) < 4.78 is 4.93. The molecule has 1 nitrogen and oxygen atoms in total. The van der Waals surface area contributed by atoms with Crippen LogP contribution in [0, 0.1) is 0 Å². The van der Waals surface area contributed by atoms with Gasteiger partial charge in [-0.25, -0.2) is 0 Å². The number of hydrogen-bond donors (Lipinski definition) is 0. The molecule has 0 fully saturated rings. The fourth-order valence-electron chi connectivity index (χ4n) is 1.14. The monoisotopic (exact) mass is 138 g/mol. The van der Waals surface area contributed by atoms with E-state index >= 15 is 0 Å². The molecule has 0 saturated heterocycles. The molecule has 0 aliphatic heterocycles. The Kier molecular flexibility index (Phi) is 2.55. The minimum Gasteiger partial charge on any atom is -0.504 e. The van der Waals surface area contributed by atoms with Crippen molar-refractivity contribution in [3.8, 4) is 0 Å². The quantitative estimate of drug-likeness (QED) is 0.400. The Hall–Kier alpha value is -0.720. The van der Waals surface area contributed by atoms with Gasteiger partial charge in [-0.05, 0) is 31.8 Å².